The lowest BCUT2D eigenvalue weighted by Crippen LogP contribution is -2.18. The van der Waals surface area contributed by atoms with Gasteiger partial charge < -0.3 is 0 Å². The van der Waals surface area contributed by atoms with E-state index in [0.717, 1.165) is 46.7 Å². The predicted molar refractivity (Wildman–Crippen MR) is 103 cm³/mol. The Kier molecular flexibility index (Phi) is 3.80. The molecule has 0 aromatic heterocycles. The number of benzene rings is 3. The molecule has 0 bridgehead atoms. The van der Waals surface area contributed by atoms with Crippen molar-refractivity contribution in [1.29, 1.82) is 0 Å². The van der Waals surface area contributed by atoms with Crippen LogP contribution < -0.4 is 4.72 Å². The first-order valence-electron chi connectivity index (χ1n) is 8.60. The Balaban J connectivity index is 1.88. The summed E-state index contributed by atoms with van der Waals surface area (Å²) < 4.78 is 29.1. The molecule has 0 amide bonds. The molecule has 3 nitrogen and oxygen atoms in total. The van der Waals surface area contributed by atoms with E-state index in [2.05, 4.69) is 22.9 Å². The van der Waals surface area contributed by atoms with Crippen molar-refractivity contribution in [3.8, 4) is 0 Å². The number of hydrogen-bond donors (Lipinski definition) is 1. The molecule has 0 radical (unpaired) electrons. The highest BCUT2D eigenvalue weighted by Crippen LogP contribution is 2.35. The van der Waals surface area contributed by atoms with Gasteiger partial charge in [0.15, 0.2) is 0 Å². The molecule has 0 fully saturated rings. The SMILES string of the molecule is Cc1cccc(C)c1NS(=O)(=O)c1ccc2cccc3c2c1CCC3. The van der Waals surface area contributed by atoms with Crippen molar-refractivity contribution < 1.29 is 8.42 Å². The van der Waals surface area contributed by atoms with Crippen LogP contribution >= 0.6 is 0 Å². The van der Waals surface area contributed by atoms with Crippen molar-refractivity contribution in [2.24, 2.45) is 0 Å². The third-order valence-corrected chi connectivity index (χ3v) is 6.51. The second-order valence-electron chi connectivity index (χ2n) is 6.78. The number of sulfonamides is 1. The number of para-hydroxylation sites is 1. The Labute approximate surface area is 148 Å². The Bertz CT molecular complexity index is 1060. The zero-order valence-corrected chi connectivity index (χ0v) is 15.3. The molecule has 25 heavy (non-hydrogen) atoms. The van der Waals surface area contributed by atoms with Crippen molar-refractivity contribution in [2.45, 2.75) is 38.0 Å². The summed E-state index contributed by atoms with van der Waals surface area (Å²) in [6, 6.07) is 15.7. The van der Waals surface area contributed by atoms with E-state index in [1.54, 1.807) is 6.07 Å². The van der Waals surface area contributed by atoms with Crippen LogP contribution in [-0.4, -0.2) is 8.42 Å². The smallest absolute Gasteiger partial charge is 0.262 e. The zero-order valence-electron chi connectivity index (χ0n) is 14.5. The van der Waals surface area contributed by atoms with E-state index in [1.807, 2.05) is 38.1 Å². The summed E-state index contributed by atoms with van der Waals surface area (Å²) in [5, 5.41) is 2.25. The van der Waals surface area contributed by atoms with Crippen molar-refractivity contribution in [1.82, 2.24) is 0 Å². The van der Waals surface area contributed by atoms with Gasteiger partial charge in [0.05, 0.1) is 10.6 Å². The van der Waals surface area contributed by atoms with Crippen LogP contribution in [-0.2, 0) is 22.9 Å². The van der Waals surface area contributed by atoms with Crippen LogP contribution in [0.5, 0.6) is 0 Å². The molecule has 3 aromatic rings. The van der Waals surface area contributed by atoms with Gasteiger partial charge in [-0.25, -0.2) is 8.42 Å². The van der Waals surface area contributed by atoms with Crippen LogP contribution in [0.25, 0.3) is 10.8 Å². The molecule has 1 N–H and O–H groups in total. The summed E-state index contributed by atoms with van der Waals surface area (Å²) in [4.78, 5) is 0.412. The normalized spacial score (nSPS) is 13.8. The van der Waals surface area contributed by atoms with Gasteiger partial charge in [-0.1, -0.05) is 42.5 Å². The van der Waals surface area contributed by atoms with Crippen LogP contribution in [0.1, 0.15) is 28.7 Å². The number of anilines is 1. The second-order valence-corrected chi connectivity index (χ2v) is 8.43. The van der Waals surface area contributed by atoms with Gasteiger partial charge in [0, 0.05) is 0 Å². The Morgan fingerprint density at radius 2 is 1.60 bits per heavy atom. The molecule has 0 heterocycles. The summed E-state index contributed by atoms with van der Waals surface area (Å²) in [5.41, 5.74) is 4.75. The van der Waals surface area contributed by atoms with Gasteiger partial charge in [-0.3, -0.25) is 4.72 Å². The lowest BCUT2D eigenvalue weighted by molar-refractivity contribution is 0.599. The third kappa shape index (κ3) is 2.71. The predicted octanol–water partition coefficient (Wildman–Crippen LogP) is 4.75. The van der Waals surface area contributed by atoms with Crippen LogP contribution in [0.4, 0.5) is 5.69 Å². The van der Waals surface area contributed by atoms with E-state index in [9.17, 15) is 8.42 Å². The highest BCUT2D eigenvalue weighted by Gasteiger charge is 2.24. The first-order valence-corrected chi connectivity index (χ1v) is 10.1. The second kappa shape index (κ2) is 5.88. The van der Waals surface area contributed by atoms with Crippen molar-refractivity contribution in [3.05, 3.63) is 70.8 Å². The standard InChI is InChI=1S/C21H21NO2S/c1-14-6-3-7-15(2)21(14)22-25(23,24)19-13-12-17-9-4-8-16-10-5-11-18(19)20(16)17/h3-4,6-9,12-13,22H,5,10-11H2,1-2H3. The minimum atomic E-state index is -3.63. The van der Waals surface area contributed by atoms with Crippen LogP contribution in [0, 0.1) is 13.8 Å². The van der Waals surface area contributed by atoms with Crippen LogP contribution in [0.3, 0.4) is 0 Å². The van der Waals surface area contributed by atoms with Gasteiger partial charge in [-0.05, 0) is 72.2 Å². The maximum absolute atomic E-state index is 13.2. The summed E-state index contributed by atoms with van der Waals surface area (Å²) >= 11 is 0. The lowest BCUT2D eigenvalue weighted by Gasteiger charge is -2.21. The molecule has 4 heteroatoms. The van der Waals surface area contributed by atoms with Gasteiger partial charge in [0.2, 0.25) is 0 Å². The molecule has 0 atom stereocenters. The van der Waals surface area contributed by atoms with Crippen LogP contribution in [0.2, 0.25) is 0 Å². The van der Waals surface area contributed by atoms with Gasteiger partial charge in [0.1, 0.15) is 0 Å². The Morgan fingerprint density at radius 1 is 0.880 bits per heavy atom. The monoisotopic (exact) mass is 351 g/mol. The highest BCUT2D eigenvalue weighted by atomic mass is 32.2. The third-order valence-electron chi connectivity index (χ3n) is 5.08. The average molecular weight is 351 g/mol. The fraction of sp³-hybridized carbons (Fsp3) is 0.238. The van der Waals surface area contributed by atoms with Crippen molar-refractivity contribution in [3.63, 3.8) is 0 Å². The molecule has 0 saturated heterocycles. The Morgan fingerprint density at radius 3 is 2.36 bits per heavy atom. The first-order chi connectivity index (χ1) is 12.0. The van der Waals surface area contributed by atoms with E-state index in [0.29, 0.717) is 10.6 Å². The minimum Gasteiger partial charge on any atom is -0.279 e. The quantitative estimate of drug-likeness (QED) is 0.740. The Hall–Kier alpha value is -2.33. The molecule has 4 rings (SSSR count). The molecule has 128 valence electrons. The zero-order chi connectivity index (χ0) is 17.6. The fourth-order valence-electron chi connectivity index (χ4n) is 3.84. The van der Waals surface area contributed by atoms with Crippen molar-refractivity contribution >= 4 is 26.5 Å². The summed E-state index contributed by atoms with van der Waals surface area (Å²) in [6.45, 7) is 3.85. The summed E-state index contributed by atoms with van der Waals surface area (Å²) in [7, 11) is -3.63. The minimum absolute atomic E-state index is 0.412. The van der Waals surface area contributed by atoms with Gasteiger partial charge in [-0.2, -0.15) is 0 Å². The molecule has 1 aliphatic rings. The molecule has 1 aliphatic carbocycles. The van der Waals surface area contributed by atoms with Gasteiger partial charge in [0.25, 0.3) is 10.0 Å². The molecule has 0 spiro atoms. The van der Waals surface area contributed by atoms with E-state index in [1.165, 1.54) is 5.56 Å². The first kappa shape index (κ1) is 16.2. The number of hydrogen-bond acceptors (Lipinski definition) is 2. The molecule has 0 saturated carbocycles. The maximum Gasteiger partial charge on any atom is 0.262 e. The lowest BCUT2D eigenvalue weighted by atomic mass is 9.89. The highest BCUT2D eigenvalue weighted by molar-refractivity contribution is 7.92. The molecule has 0 aliphatic heterocycles. The number of rotatable bonds is 3. The maximum atomic E-state index is 13.2. The van der Waals surface area contributed by atoms with Gasteiger partial charge >= 0.3 is 0 Å². The van der Waals surface area contributed by atoms with Crippen LogP contribution in [0.15, 0.2) is 53.4 Å². The van der Waals surface area contributed by atoms with Crippen molar-refractivity contribution in [2.75, 3.05) is 4.72 Å². The topological polar surface area (TPSA) is 46.2 Å². The van der Waals surface area contributed by atoms with Gasteiger partial charge in [-0.15, -0.1) is 0 Å². The largest absolute Gasteiger partial charge is 0.279 e. The number of nitrogens with one attached hydrogen (secondary N) is 1. The summed E-state index contributed by atoms with van der Waals surface area (Å²) in [6.07, 6.45) is 2.80. The molecular formula is C21H21NO2S. The number of aryl methyl sites for hydroxylation is 4. The molecular weight excluding hydrogens is 330 g/mol. The van der Waals surface area contributed by atoms with E-state index >= 15 is 0 Å². The van der Waals surface area contributed by atoms with E-state index < -0.39 is 10.0 Å². The summed E-state index contributed by atoms with van der Waals surface area (Å²) in [5.74, 6) is 0. The van der Waals surface area contributed by atoms with E-state index in [4.69, 9.17) is 0 Å². The fourth-order valence-corrected chi connectivity index (χ4v) is 5.32. The average Bonchev–Trinajstić information content (AvgIpc) is 2.59. The van der Waals surface area contributed by atoms with E-state index in [-0.39, 0.29) is 0 Å². The molecule has 3 aromatic carbocycles. The molecule has 0 unspecified atom stereocenters.